The minimum Gasteiger partial charge on any atom is -0.357 e. The van der Waals surface area contributed by atoms with Gasteiger partial charge >= 0.3 is 0 Å². The number of carbonyl (C=O) groups excluding carboxylic acids is 1. The third-order valence-electron chi connectivity index (χ3n) is 4.51. The van der Waals surface area contributed by atoms with Crippen LogP contribution in [0.5, 0.6) is 0 Å². The molecule has 1 aromatic heterocycles. The second kappa shape index (κ2) is 13.8. The van der Waals surface area contributed by atoms with Crippen LogP contribution in [0.25, 0.3) is 0 Å². The summed E-state index contributed by atoms with van der Waals surface area (Å²) in [7, 11) is 1.99. The molecule has 0 radical (unpaired) electrons. The number of guanidine groups is 1. The fraction of sp³-hybridized carbons (Fsp3) is 0.737. The first kappa shape index (κ1) is 25.7. The monoisotopic (exact) mass is 492 g/mol. The van der Waals surface area contributed by atoms with E-state index < -0.39 is 0 Å². The Morgan fingerprint density at radius 1 is 1.11 bits per heavy atom. The van der Waals surface area contributed by atoms with Gasteiger partial charge < -0.3 is 15.5 Å². The van der Waals surface area contributed by atoms with Gasteiger partial charge in [-0.25, -0.2) is 4.99 Å². The SMILES string of the molecule is CCNC(=NCc1c(CC)nn(C)c1CC)NCCC(=O)N(CC)CC.I. The molecule has 0 spiro atoms. The van der Waals surface area contributed by atoms with E-state index in [1.54, 1.807) is 0 Å². The predicted molar refractivity (Wildman–Crippen MR) is 123 cm³/mol. The standard InChI is InChI=1S/C19H36N6O.HI/c1-7-16-15(17(8-2)24(6)23-16)14-22-19(20-9-3)21-13-12-18(26)25(10-4)11-5;/h7-14H2,1-6H3,(H2,20,21,22);1H. The molecule has 27 heavy (non-hydrogen) atoms. The van der Waals surface area contributed by atoms with E-state index in [0.29, 0.717) is 19.5 Å². The average Bonchev–Trinajstić information content (AvgIpc) is 2.95. The van der Waals surface area contributed by atoms with Gasteiger partial charge in [0.25, 0.3) is 0 Å². The molecule has 0 saturated carbocycles. The van der Waals surface area contributed by atoms with Crippen molar-refractivity contribution < 1.29 is 4.79 Å². The number of aliphatic imine (C=N–C) groups is 1. The minimum absolute atomic E-state index is 0. The number of halogens is 1. The van der Waals surface area contributed by atoms with Crippen LogP contribution in [0.3, 0.4) is 0 Å². The first-order chi connectivity index (χ1) is 12.5. The van der Waals surface area contributed by atoms with Crippen molar-refractivity contribution in [3.63, 3.8) is 0 Å². The number of hydrogen-bond acceptors (Lipinski definition) is 3. The van der Waals surface area contributed by atoms with Gasteiger partial charge in [0.1, 0.15) is 0 Å². The third-order valence-corrected chi connectivity index (χ3v) is 4.51. The van der Waals surface area contributed by atoms with E-state index in [0.717, 1.165) is 44.1 Å². The van der Waals surface area contributed by atoms with Crippen LogP contribution < -0.4 is 10.6 Å². The summed E-state index contributed by atoms with van der Waals surface area (Å²) in [6.07, 6.45) is 2.32. The molecule has 0 aliphatic carbocycles. The van der Waals surface area contributed by atoms with E-state index in [9.17, 15) is 4.79 Å². The number of hydrogen-bond donors (Lipinski definition) is 2. The summed E-state index contributed by atoms with van der Waals surface area (Å²) < 4.78 is 1.97. The lowest BCUT2D eigenvalue weighted by Gasteiger charge is -2.19. The van der Waals surface area contributed by atoms with E-state index in [1.165, 1.54) is 11.3 Å². The molecule has 7 nitrogen and oxygen atoms in total. The Kier molecular flexibility index (Phi) is 13.1. The summed E-state index contributed by atoms with van der Waals surface area (Å²) in [5, 5.41) is 11.1. The largest absolute Gasteiger partial charge is 0.357 e. The molecule has 0 aliphatic heterocycles. The van der Waals surface area contributed by atoms with Crippen molar-refractivity contribution in [2.24, 2.45) is 12.0 Å². The zero-order valence-corrected chi connectivity index (χ0v) is 20.1. The van der Waals surface area contributed by atoms with Crippen molar-refractivity contribution in [2.45, 2.75) is 60.4 Å². The van der Waals surface area contributed by atoms with Crippen molar-refractivity contribution in [2.75, 3.05) is 26.2 Å². The zero-order chi connectivity index (χ0) is 19.5. The number of rotatable bonds is 10. The van der Waals surface area contributed by atoms with Crippen molar-refractivity contribution >= 4 is 35.8 Å². The Labute approximate surface area is 181 Å². The van der Waals surface area contributed by atoms with Crippen molar-refractivity contribution in [3.05, 3.63) is 17.0 Å². The smallest absolute Gasteiger partial charge is 0.224 e. The maximum Gasteiger partial charge on any atom is 0.224 e. The third kappa shape index (κ3) is 7.67. The van der Waals surface area contributed by atoms with Gasteiger partial charge in [0, 0.05) is 50.9 Å². The van der Waals surface area contributed by atoms with Crippen LogP contribution in [0.15, 0.2) is 4.99 Å². The maximum absolute atomic E-state index is 12.1. The average molecular weight is 492 g/mol. The number of carbonyl (C=O) groups is 1. The lowest BCUT2D eigenvalue weighted by atomic mass is 10.1. The molecule has 0 aromatic carbocycles. The number of aryl methyl sites for hydroxylation is 2. The predicted octanol–water partition coefficient (Wildman–Crippen LogP) is 2.48. The molecule has 8 heteroatoms. The van der Waals surface area contributed by atoms with Crippen LogP contribution in [0.4, 0.5) is 0 Å². The molecular formula is C19H37IN6O. The summed E-state index contributed by atoms with van der Waals surface area (Å²) in [6.45, 7) is 13.8. The van der Waals surface area contributed by atoms with Crippen LogP contribution >= 0.6 is 24.0 Å². The first-order valence-corrected chi connectivity index (χ1v) is 9.85. The molecule has 0 bridgehead atoms. The molecule has 156 valence electrons. The topological polar surface area (TPSA) is 74.5 Å². The van der Waals surface area contributed by atoms with Crippen LogP contribution in [0, 0.1) is 0 Å². The zero-order valence-electron chi connectivity index (χ0n) is 17.8. The fourth-order valence-corrected chi connectivity index (χ4v) is 3.09. The molecular weight excluding hydrogens is 455 g/mol. The molecule has 1 aromatic rings. The second-order valence-corrected chi connectivity index (χ2v) is 6.14. The minimum atomic E-state index is 0. The number of amides is 1. The summed E-state index contributed by atoms with van der Waals surface area (Å²) >= 11 is 0. The van der Waals surface area contributed by atoms with Crippen molar-refractivity contribution in [1.82, 2.24) is 25.3 Å². The normalized spacial score (nSPS) is 11.1. The van der Waals surface area contributed by atoms with Gasteiger partial charge in [0.2, 0.25) is 5.91 Å². The summed E-state index contributed by atoms with van der Waals surface area (Å²) in [4.78, 5) is 18.7. The maximum atomic E-state index is 12.1. The highest BCUT2D eigenvalue weighted by Gasteiger charge is 2.13. The molecule has 0 aliphatic rings. The number of aromatic nitrogens is 2. The van der Waals surface area contributed by atoms with Gasteiger partial charge in [0.05, 0.1) is 12.2 Å². The van der Waals surface area contributed by atoms with Gasteiger partial charge in [-0.2, -0.15) is 5.10 Å². The molecule has 2 N–H and O–H groups in total. The molecule has 1 amide bonds. The van der Waals surface area contributed by atoms with E-state index in [-0.39, 0.29) is 29.9 Å². The molecule has 0 atom stereocenters. The van der Waals surface area contributed by atoms with Crippen LogP contribution in [0.1, 0.15) is 58.0 Å². The van der Waals surface area contributed by atoms with Gasteiger partial charge in [-0.05, 0) is 33.6 Å². The van der Waals surface area contributed by atoms with E-state index in [1.807, 2.05) is 37.4 Å². The summed E-state index contributed by atoms with van der Waals surface area (Å²) in [5.41, 5.74) is 3.56. The highest BCUT2D eigenvalue weighted by molar-refractivity contribution is 14.0. The van der Waals surface area contributed by atoms with Gasteiger partial charge in [-0.15, -0.1) is 24.0 Å². The Hall–Kier alpha value is -1.32. The molecule has 1 heterocycles. The van der Waals surface area contributed by atoms with Crippen molar-refractivity contribution in [3.8, 4) is 0 Å². The van der Waals surface area contributed by atoms with Crippen LogP contribution in [-0.4, -0.2) is 52.7 Å². The highest BCUT2D eigenvalue weighted by atomic mass is 127. The Bertz CT molecular complexity index is 595. The molecule has 0 fully saturated rings. The fourth-order valence-electron chi connectivity index (χ4n) is 3.09. The first-order valence-electron chi connectivity index (χ1n) is 9.85. The van der Waals surface area contributed by atoms with Crippen LogP contribution in [0.2, 0.25) is 0 Å². The highest BCUT2D eigenvalue weighted by Crippen LogP contribution is 2.16. The lowest BCUT2D eigenvalue weighted by molar-refractivity contribution is -0.130. The lowest BCUT2D eigenvalue weighted by Crippen LogP contribution is -2.40. The van der Waals surface area contributed by atoms with Gasteiger partial charge in [-0.3, -0.25) is 9.48 Å². The second-order valence-electron chi connectivity index (χ2n) is 6.14. The molecule has 0 unspecified atom stereocenters. The summed E-state index contributed by atoms with van der Waals surface area (Å²) in [5.74, 6) is 0.917. The van der Waals surface area contributed by atoms with E-state index in [4.69, 9.17) is 4.99 Å². The Morgan fingerprint density at radius 3 is 2.30 bits per heavy atom. The van der Waals surface area contributed by atoms with E-state index in [2.05, 4.69) is 29.6 Å². The van der Waals surface area contributed by atoms with Gasteiger partial charge in [-0.1, -0.05) is 13.8 Å². The Morgan fingerprint density at radius 2 is 1.78 bits per heavy atom. The Balaban J connectivity index is 0.00000676. The van der Waals surface area contributed by atoms with E-state index >= 15 is 0 Å². The van der Waals surface area contributed by atoms with Crippen molar-refractivity contribution in [1.29, 1.82) is 0 Å². The number of nitrogens with one attached hydrogen (secondary N) is 2. The summed E-state index contributed by atoms with van der Waals surface area (Å²) in [6, 6.07) is 0. The molecule has 0 saturated heterocycles. The van der Waals surface area contributed by atoms with Crippen LogP contribution in [-0.2, 0) is 31.2 Å². The molecule has 1 rings (SSSR count). The quantitative estimate of drug-likeness (QED) is 0.299. The number of nitrogens with zero attached hydrogens (tertiary/aromatic N) is 4. The van der Waals surface area contributed by atoms with Gasteiger partial charge in [0.15, 0.2) is 5.96 Å².